The number of thiazole rings is 1. The number of hydrogen-bond donors (Lipinski definition) is 2. The largest absolute Gasteiger partial charge is 0.323 e. The molecule has 1 aromatic heterocycles. The Hall–Kier alpha value is -2.52. The molecule has 0 saturated heterocycles. The minimum Gasteiger partial charge on any atom is -0.308 e. The first-order chi connectivity index (χ1) is 12.3. The quantitative estimate of drug-likeness (QED) is 0.693. The summed E-state index contributed by atoms with van der Waals surface area (Å²) < 4.78 is 38.7. The normalized spacial score (nSPS) is 11.7. The van der Waals surface area contributed by atoms with Gasteiger partial charge in [-0.2, -0.15) is 0 Å². The van der Waals surface area contributed by atoms with Gasteiger partial charge in [0, 0.05) is 5.69 Å². The van der Waals surface area contributed by atoms with E-state index in [1.54, 1.807) is 38.1 Å². The lowest BCUT2D eigenvalue weighted by Crippen LogP contribution is -2.19. The molecule has 2 N–H and O–H groups in total. The first kappa shape index (κ1) is 18.3. The summed E-state index contributed by atoms with van der Waals surface area (Å²) in [6.07, 6.45) is 0. The fourth-order valence-corrected chi connectivity index (χ4v) is 4.83. The van der Waals surface area contributed by atoms with Crippen LogP contribution in [0.1, 0.15) is 13.8 Å². The van der Waals surface area contributed by atoms with Gasteiger partial charge in [0.1, 0.15) is 5.82 Å². The fourth-order valence-electron chi connectivity index (χ4n) is 2.15. The molecule has 0 aliphatic heterocycles. The van der Waals surface area contributed by atoms with Gasteiger partial charge in [0.2, 0.25) is 14.2 Å². The molecule has 2 amide bonds. The predicted octanol–water partition coefficient (Wildman–Crippen LogP) is 4.26. The summed E-state index contributed by atoms with van der Waals surface area (Å²) in [5, 5.41) is 4.45. The molecule has 0 aliphatic carbocycles. The third-order valence-electron chi connectivity index (χ3n) is 3.61. The topological polar surface area (TPSA) is 88.2 Å². The number of para-hydroxylation sites is 1. The Morgan fingerprint density at radius 3 is 2.58 bits per heavy atom. The van der Waals surface area contributed by atoms with Crippen LogP contribution in [0.2, 0.25) is 0 Å². The summed E-state index contributed by atoms with van der Waals surface area (Å²) in [4.78, 5) is 16.2. The number of nitrogens with one attached hydrogen (secondary N) is 2. The zero-order chi connectivity index (χ0) is 18.9. The standard InChI is InChI=1S/C17H16FN3O3S2/c1-10(2)26(23,24)17-21-14-8-7-11(9-15(14)25-17)19-16(22)20-13-6-4-3-5-12(13)18/h3-10H,1-2H3,(H2,19,20,22). The van der Waals surface area contributed by atoms with Gasteiger partial charge in [-0.1, -0.05) is 12.1 Å². The van der Waals surface area contributed by atoms with Gasteiger partial charge in [-0.3, -0.25) is 0 Å². The monoisotopic (exact) mass is 393 g/mol. The van der Waals surface area contributed by atoms with Crippen LogP contribution in [0.4, 0.5) is 20.6 Å². The fraction of sp³-hybridized carbons (Fsp3) is 0.176. The van der Waals surface area contributed by atoms with E-state index < -0.39 is 26.9 Å². The minimum absolute atomic E-state index is 0.0514. The Labute approximate surface area is 154 Å². The Bertz CT molecular complexity index is 1080. The highest BCUT2D eigenvalue weighted by molar-refractivity contribution is 7.94. The van der Waals surface area contributed by atoms with Crippen LogP contribution < -0.4 is 10.6 Å². The number of nitrogens with zero attached hydrogens (tertiary/aromatic N) is 1. The van der Waals surface area contributed by atoms with Crippen molar-refractivity contribution in [3.63, 3.8) is 0 Å². The van der Waals surface area contributed by atoms with Crippen molar-refractivity contribution in [2.75, 3.05) is 10.6 Å². The average molecular weight is 393 g/mol. The Morgan fingerprint density at radius 1 is 1.15 bits per heavy atom. The van der Waals surface area contributed by atoms with Crippen LogP contribution in [-0.4, -0.2) is 24.7 Å². The van der Waals surface area contributed by atoms with Crippen LogP contribution in [0.3, 0.4) is 0 Å². The lowest BCUT2D eigenvalue weighted by atomic mass is 10.3. The summed E-state index contributed by atoms with van der Waals surface area (Å²) >= 11 is 1.05. The molecule has 0 aliphatic rings. The van der Waals surface area contributed by atoms with E-state index >= 15 is 0 Å². The number of benzene rings is 2. The van der Waals surface area contributed by atoms with Crippen molar-refractivity contribution in [1.29, 1.82) is 0 Å². The molecule has 0 fully saturated rings. The molecule has 0 unspecified atom stereocenters. The Morgan fingerprint density at radius 2 is 1.88 bits per heavy atom. The number of hydrogen-bond acceptors (Lipinski definition) is 5. The van der Waals surface area contributed by atoms with Gasteiger partial charge in [-0.15, -0.1) is 11.3 Å². The van der Waals surface area contributed by atoms with Crippen LogP contribution in [0, 0.1) is 5.82 Å². The molecule has 3 aromatic rings. The van der Waals surface area contributed by atoms with E-state index in [4.69, 9.17) is 0 Å². The summed E-state index contributed by atoms with van der Waals surface area (Å²) in [5.74, 6) is -0.538. The lowest BCUT2D eigenvalue weighted by Gasteiger charge is -2.08. The van der Waals surface area contributed by atoms with Gasteiger partial charge < -0.3 is 10.6 Å². The molecule has 0 saturated carbocycles. The Kier molecular flexibility index (Phi) is 4.92. The van der Waals surface area contributed by atoms with E-state index in [1.165, 1.54) is 18.2 Å². The third-order valence-corrected chi connectivity index (χ3v) is 7.19. The minimum atomic E-state index is -3.45. The van der Waals surface area contributed by atoms with Gasteiger partial charge in [-0.05, 0) is 44.2 Å². The van der Waals surface area contributed by atoms with Crippen LogP contribution in [0.15, 0.2) is 46.8 Å². The van der Waals surface area contributed by atoms with E-state index in [9.17, 15) is 17.6 Å². The number of sulfone groups is 1. The molecule has 1 heterocycles. The van der Waals surface area contributed by atoms with E-state index in [1.807, 2.05) is 0 Å². The number of aromatic nitrogens is 1. The molecule has 3 rings (SSSR count). The average Bonchev–Trinajstić information content (AvgIpc) is 3.01. The van der Waals surface area contributed by atoms with Gasteiger partial charge in [0.25, 0.3) is 0 Å². The molecule has 6 nitrogen and oxygen atoms in total. The maximum atomic E-state index is 13.6. The van der Waals surface area contributed by atoms with Crippen molar-refractivity contribution in [3.05, 3.63) is 48.3 Å². The molecule has 0 radical (unpaired) electrons. The van der Waals surface area contributed by atoms with Crippen LogP contribution in [0.25, 0.3) is 10.2 Å². The SMILES string of the molecule is CC(C)S(=O)(=O)c1nc2ccc(NC(=O)Nc3ccccc3F)cc2s1. The second-order valence-corrected chi connectivity index (χ2v) is 9.52. The second kappa shape index (κ2) is 7.00. The molecular formula is C17H16FN3O3S2. The number of carbonyl (C=O) groups excluding carboxylic acids is 1. The van der Waals surface area contributed by atoms with Crippen molar-refractivity contribution in [2.24, 2.45) is 0 Å². The zero-order valence-corrected chi connectivity index (χ0v) is 15.6. The van der Waals surface area contributed by atoms with Crippen LogP contribution >= 0.6 is 11.3 Å². The summed E-state index contributed by atoms with van der Waals surface area (Å²) in [6.45, 7) is 3.20. The first-order valence-corrected chi connectivity index (χ1v) is 10.1. The molecule has 0 spiro atoms. The van der Waals surface area contributed by atoms with Crippen molar-refractivity contribution in [2.45, 2.75) is 23.4 Å². The van der Waals surface area contributed by atoms with Crippen LogP contribution in [-0.2, 0) is 9.84 Å². The molecular weight excluding hydrogens is 377 g/mol. The van der Waals surface area contributed by atoms with E-state index in [-0.39, 0.29) is 10.0 Å². The Balaban J connectivity index is 1.81. The van der Waals surface area contributed by atoms with Crippen molar-refractivity contribution in [3.8, 4) is 0 Å². The maximum Gasteiger partial charge on any atom is 0.323 e. The molecule has 2 aromatic carbocycles. The highest BCUT2D eigenvalue weighted by Gasteiger charge is 2.23. The van der Waals surface area contributed by atoms with Crippen molar-refractivity contribution in [1.82, 2.24) is 4.98 Å². The number of anilines is 2. The highest BCUT2D eigenvalue weighted by Crippen LogP contribution is 2.30. The molecule has 136 valence electrons. The molecule has 26 heavy (non-hydrogen) atoms. The number of urea groups is 1. The third kappa shape index (κ3) is 3.68. The number of halogens is 1. The van der Waals surface area contributed by atoms with Gasteiger partial charge >= 0.3 is 6.03 Å². The maximum absolute atomic E-state index is 13.6. The summed E-state index contributed by atoms with van der Waals surface area (Å²) in [5.41, 5.74) is 1.05. The summed E-state index contributed by atoms with van der Waals surface area (Å²) in [6, 6.07) is 10.1. The van der Waals surface area contributed by atoms with E-state index in [0.717, 1.165) is 11.3 Å². The lowest BCUT2D eigenvalue weighted by molar-refractivity contribution is 0.262. The van der Waals surface area contributed by atoms with Gasteiger partial charge in [0.05, 0.1) is 21.2 Å². The second-order valence-electron chi connectivity index (χ2n) is 5.82. The number of fused-ring (bicyclic) bond motifs is 1. The van der Waals surface area contributed by atoms with Crippen molar-refractivity contribution >= 4 is 48.8 Å². The molecule has 0 bridgehead atoms. The highest BCUT2D eigenvalue weighted by atomic mass is 32.2. The number of carbonyl (C=O) groups is 1. The molecule has 0 atom stereocenters. The zero-order valence-electron chi connectivity index (χ0n) is 14.0. The van der Waals surface area contributed by atoms with Gasteiger partial charge in [0.15, 0.2) is 0 Å². The first-order valence-electron chi connectivity index (χ1n) is 7.74. The van der Waals surface area contributed by atoms with E-state index in [0.29, 0.717) is 15.9 Å². The van der Waals surface area contributed by atoms with Crippen molar-refractivity contribution < 1.29 is 17.6 Å². The smallest absolute Gasteiger partial charge is 0.308 e. The van der Waals surface area contributed by atoms with Crippen LogP contribution in [0.5, 0.6) is 0 Å². The molecule has 9 heteroatoms. The van der Waals surface area contributed by atoms with Gasteiger partial charge in [-0.25, -0.2) is 22.6 Å². The number of amides is 2. The summed E-state index contributed by atoms with van der Waals surface area (Å²) in [7, 11) is -3.45. The number of rotatable bonds is 4. The predicted molar refractivity (Wildman–Crippen MR) is 101 cm³/mol. The van der Waals surface area contributed by atoms with E-state index in [2.05, 4.69) is 15.6 Å².